The highest BCUT2D eigenvalue weighted by Gasteiger charge is 2.27. The molecular formula is C13H18IN3O2. The maximum absolute atomic E-state index is 11.2. The van der Waals surface area contributed by atoms with Crippen molar-refractivity contribution < 1.29 is 4.92 Å². The van der Waals surface area contributed by atoms with Crippen LogP contribution >= 0.6 is 22.6 Å². The van der Waals surface area contributed by atoms with Gasteiger partial charge in [-0.3, -0.25) is 10.1 Å². The zero-order chi connectivity index (χ0) is 14.0. The van der Waals surface area contributed by atoms with Crippen molar-refractivity contribution >= 4 is 34.0 Å². The molecule has 1 saturated heterocycles. The van der Waals surface area contributed by atoms with Gasteiger partial charge in [-0.05, 0) is 60.4 Å². The quantitative estimate of drug-likeness (QED) is 0.501. The molecule has 1 fully saturated rings. The Labute approximate surface area is 126 Å². The van der Waals surface area contributed by atoms with Crippen LogP contribution in [-0.4, -0.2) is 24.1 Å². The molecule has 104 valence electrons. The van der Waals surface area contributed by atoms with Crippen LogP contribution < -0.4 is 10.6 Å². The fourth-order valence-corrected chi connectivity index (χ4v) is 3.04. The predicted octanol–water partition coefficient (Wildman–Crippen LogP) is 2.76. The second-order valence-electron chi connectivity index (χ2n) is 5.10. The monoisotopic (exact) mass is 375 g/mol. The minimum absolute atomic E-state index is 0.130. The molecule has 0 aliphatic carbocycles. The molecule has 2 unspecified atom stereocenters. The fourth-order valence-electron chi connectivity index (χ4n) is 2.57. The molecule has 1 aromatic carbocycles. The highest BCUT2D eigenvalue weighted by atomic mass is 127. The van der Waals surface area contributed by atoms with Crippen LogP contribution in [0.2, 0.25) is 0 Å². The average Bonchev–Trinajstić information content (AvgIpc) is 2.38. The lowest BCUT2D eigenvalue weighted by Gasteiger charge is -2.35. The summed E-state index contributed by atoms with van der Waals surface area (Å²) in [6.45, 7) is 3.68. The molecule has 0 saturated carbocycles. The number of nitrogens with zero attached hydrogens (tertiary/aromatic N) is 2. The van der Waals surface area contributed by atoms with Crippen molar-refractivity contribution in [3.05, 3.63) is 31.9 Å². The Hall–Kier alpha value is -0.890. The number of nitro benzene ring substituents is 1. The molecule has 19 heavy (non-hydrogen) atoms. The van der Waals surface area contributed by atoms with Crippen molar-refractivity contribution in [3.8, 4) is 0 Å². The first-order valence-corrected chi connectivity index (χ1v) is 7.51. The van der Waals surface area contributed by atoms with Gasteiger partial charge in [-0.25, -0.2) is 0 Å². The van der Waals surface area contributed by atoms with Crippen molar-refractivity contribution in [2.45, 2.75) is 25.8 Å². The van der Waals surface area contributed by atoms with E-state index in [4.69, 9.17) is 5.73 Å². The summed E-state index contributed by atoms with van der Waals surface area (Å²) in [5, 5.41) is 11.2. The Bertz CT molecular complexity index is 479. The van der Waals surface area contributed by atoms with E-state index in [0.29, 0.717) is 5.92 Å². The van der Waals surface area contributed by atoms with E-state index in [1.165, 1.54) is 0 Å². The molecule has 0 aromatic heterocycles. The summed E-state index contributed by atoms with van der Waals surface area (Å²) in [6, 6.07) is 5.53. The Morgan fingerprint density at radius 3 is 2.95 bits per heavy atom. The lowest BCUT2D eigenvalue weighted by atomic mass is 9.92. The molecule has 6 heteroatoms. The molecule has 2 N–H and O–H groups in total. The van der Waals surface area contributed by atoms with Gasteiger partial charge in [-0.15, -0.1) is 0 Å². The zero-order valence-corrected chi connectivity index (χ0v) is 13.0. The van der Waals surface area contributed by atoms with E-state index >= 15 is 0 Å². The number of halogens is 1. The number of piperidine rings is 1. The number of rotatable bonds is 3. The van der Waals surface area contributed by atoms with Crippen molar-refractivity contribution in [2.75, 3.05) is 18.0 Å². The molecule has 1 aromatic rings. The minimum atomic E-state index is -0.299. The van der Waals surface area contributed by atoms with Crippen LogP contribution in [-0.2, 0) is 0 Å². The summed E-state index contributed by atoms with van der Waals surface area (Å²) in [4.78, 5) is 13.0. The maximum Gasteiger partial charge on any atom is 0.293 e. The molecule has 1 aliphatic rings. The lowest BCUT2D eigenvalue weighted by Crippen LogP contribution is -2.42. The molecule has 2 rings (SSSR count). The normalized spacial score (nSPS) is 21.2. The Morgan fingerprint density at radius 1 is 1.58 bits per heavy atom. The molecule has 5 nitrogen and oxygen atoms in total. The van der Waals surface area contributed by atoms with Gasteiger partial charge in [0.1, 0.15) is 5.69 Å². The molecule has 2 atom stereocenters. The number of nitro groups is 1. The maximum atomic E-state index is 11.2. The molecule has 1 heterocycles. The summed E-state index contributed by atoms with van der Waals surface area (Å²) >= 11 is 2.10. The number of hydrogen-bond donors (Lipinski definition) is 1. The van der Waals surface area contributed by atoms with Crippen molar-refractivity contribution in [1.29, 1.82) is 0 Å². The van der Waals surface area contributed by atoms with E-state index in [1.54, 1.807) is 6.07 Å². The van der Waals surface area contributed by atoms with Gasteiger partial charge in [0.05, 0.1) is 4.92 Å². The molecule has 0 radical (unpaired) electrons. The third kappa shape index (κ3) is 3.36. The summed E-state index contributed by atoms with van der Waals surface area (Å²) in [6.07, 6.45) is 2.14. The van der Waals surface area contributed by atoms with E-state index < -0.39 is 0 Å². The second-order valence-corrected chi connectivity index (χ2v) is 6.34. The molecule has 1 aliphatic heterocycles. The van der Waals surface area contributed by atoms with Gasteiger partial charge in [0.25, 0.3) is 5.69 Å². The first-order valence-electron chi connectivity index (χ1n) is 6.43. The van der Waals surface area contributed by atoms with Gasteiger partial charge >= 0.3 is 0 Å². The van der Waals surface area contributed by atoms with Gasteiger partial charge < -0.3 is 10.6 Å². The molecular weight excluding hydrogens is 357 g/mol. The van der Waals surface area contributed by atoms with Gasteiger partial charge in [0, 0.05) is 28.8 Å². The molecule has 0 bridgehead atoms. The molecule has 0 amide bonds. The SMILES string of the molecule is CC(N)C1CCCN(c2ccc(I)cc2[N+](=O)[O-])C1. The van der Waals surface area contributed by atoms with Crippen molar-refractivity contribution in [2.24, 2.45) is 11.7 Å². The van der Waals surface area contributed by atoms with Crippen LogP contribution in [0.4, 0.5) is 11.4 Å². The van der Waals surface area contributed by atoms with Gasteiger partial charge in [0.15, 0.2) is 0 Å². The summed E-state index contributed by atoms with van der Waals surface area (Å²) in [5.74, 6) is 0.410. The van der Waals surface area contributed by atoms with Gasteiger partial charge in [0.2, 0.25) is 0 Å². The van der Waals surface area contributed by atoms with Gasteiger partial charge in [-0.1, -0.05) is 0 Å². The Kier molecular flexibility index (Phi) is 4.62. The predicted molar refractivity (Wildman–Crippen MR) is 84.4 cm³/mol. The lowest BCUT2D eigenvalue weighted by molar-refractivity contribution is -0.384. The Balaban J connectivity index is 2.28. The Morgan fingerprint density at radius 2 is 2.32 bits per heavy atom. The number of benzene rings is 1. The van der Waals surface area contributed by atoms with Crippen molar-refractivity contribution in [3.63, 3.8) is 0 Å². The van der Waals surface area contributed by atoms with E-state index in [-0.39, 0.29) is 16.7 Å². The fraction of sp³-hybridized carbons (Fsp3) is 0.538. The topological polar surface area (TPSA) is 72.4 Å². The number of nitrogens with two attached hydrogens (primary N) is 1. The van der Waals surface area contributed by atoms with Crippen LogP contribution in [0, 0.1) is 19.6 Å². The van der Waals surface area contributed by atoms with Crippen LogP contribution in [0.3, 0.4) is 0 Å². The highest BCUT2D eigenvalue weighted by molar-refractivity contribution is 14.1. The van der Waals surface area contributed by atoms with E-state index in [0.717, 1.165) is 35.2 Å². The summed E-state index contributed by atoms with van der Waals surface area (Å²) in [7, 11) is 0. The van der Waals surface area contributed by atoms with Crippen LogP contribution in [0.1, 0.15) is 19.8 Å². The zero-order valence-electron chi connectivity index (χ0n) is 10.9. The number of hydrogen-bond acceptors (Lipinski definition) is 4. The first kappa shape index (κ1) is 14.5. The number of anilines is 1. The summed E-state index contributed by atoms with van der Waals surface area (Å²) in [5.41, 5.74) is 6.88. The summed E-state index contributed by atoms with van der Waals surface area (Å²) < 4.78 is 0.883. The van der Waals surface area contributed by atoms with E-state index in [2.05, 4.69) is 27.5 Å². The smallest absolute Gasteiger partial charge is 0.293 e. The first-order chi connectivity index (χ1) is 8.99. The van der Waals surface area contributed by atoms with E-state index in [1.807, 2.05) is 19.1 Å². The highest BCUT2D eigenvalue weighted by Crippen LogP contribution is 2.33. The second kappa shape index (κ2) is 6.04. The largest absolute Gasteiger partial charge is 0.366 e. The van der Waals surface area contributed by atoms with Gasteiger partial charge in [-0.2, -0.15) is 0 Å². The van der Waals surface area contributed by atoms with Crippen LogP contribution in [0.25, 0.3) is 0 Å². The third-order valence-corrected chi connectivity index (χ3v) is 4.35. The third-order valence-electron chi connectivity index (χ3n) is 3.68. The van der Waals surface area contributed by atoms with E-state index in [9.17, 15) is 10.1 Å². The van der Waals surface area contributed by atoms with Crippen LogP contribution in [0.5, 0.6) is 0 Å². The standard InChI is InChI=1S/C13H18IN3O2/c1-9(15)10-3-2-6-16(8-10)12-5-4-11(14)7-13(12)17(18)19/h4-5,7,9-10H,2-3,6,8,15H2,1H3. The molecule has 0 spiro atoms. The van der Waals surface area contributed by atoms with Crippen molar-refractivity contribution in [1.82, 2.24) is 0 Å². The average molecular weight is 375 g/mol. The van der Waals surface area contributed by atoms with Crippen LogP contribution in [0.15, 0.2) is 18.2 Å². The minimum Gasteiger partial charge on any atom is -0.366 e.